The Morgan fingerprint density at radius 3 is 2.28 bits per heavy atom. The summed E-state index contributed by atoms with van der Waals surface area (Å²) in [4.78, 5) is 14.4. The zero-order valence-corrected chi connectivity index (χ0v) is 12.4. The van der Waals surface area contributed by atoms with Crippen LogP contribution in [-0.2, 0) is 0 Å². The Bertz CT molecular complexity index is 386. The van der Waals surface area contributed by atoms with E-state index in [1.165, 1.54) is 0 Å². The molecule has 1 aromatic rings. The van der Waals surface area contributed by atoms with Crippen molar-refractivity contribution in [3.8, 4) is 0 Å². The smallest absolute Gasteiger partial charge is 0.179 e. The number of carbonyl (C=O) groups is 1. The molecule has 0 bridgehead atoms. The number of ketones is 1. The molecule has 0 aliphatic heterocycles. The summed E-state index contributed by atoms with van der Waals surface area (Å²) in [6, 6.07) is 7.00. The van der Waals surface area contributed by atoms with E-state index in [4.69, 9.17) is 11.6 Å². The van der Waals surface area contributed by atoms with Crippen LogP contribution < -0.4 is 0 Å². The number of hydrogen-bond acceptors (Lipinski definition) is 2. The second-order valence-electron chi connectivity index (χ2n) is 5.21. The highest BCUT2D eigenvalue weighted by Gasteiger charge is 2.19. The largest absolute Gasteiger partial charge is 0.297 e. The fourth-order valence-corrected chi connectivity index (χ4v) is 1.84. The van der Waals surface area contributed by atoms with Crippen molar-refractivity contribution in [3.05, 3.63) is 34.9 Å². The number of Topliss-reactive ketones (excluding diaryl/α,β-unsaturated/α-hetero) is 1. The maximum absolute atomic E-state index is 12.3. The molecule has 0 heterocycles. The quantitative estimate of drug-likeness (QED) is 0.729. The summed E-state index contributed by atoms with van der Waals surface area (Å²) < 4.78 is 0. The standard InChI is InChI=1S/C15H22ClNO/c1-11(2)9-10-17(4)12(3)15(18)13-5-7-14(16)8-6-13/h5-8,11-12H,9-10H2,1-4H3. The predicted octanol–water partition coefficient (Wildman–Crippen LogP) is 3.89. The zero-order valence-electron chi connectivity index (χ0n) is 11.6. The Balaban J connectivity index is 2.62. The number of benzene rings is 1. The molecule has 1 unspecified atom stereocenters. The molecule has 100 valence electrons. The van der Waals surface area contributed by atoms with Crippen molar-refractivity contribution in [1.29, 1.82) is 0 Å². The lowest BCUT2D eigenvalue weighted by Gasteiger charge is -2.24. The van der Waals surface area contributed by atoms with Gasteiger partial charge in [-0.15, -0.1) is 0 Å². The Morgan fingerprint density at radius 2 is 1.78 bits per heavy atom. The summed E-state index contributed by atoms with van der Waals surface area (Å²) in [5.41, 5.74) is 0.725. The summed E-state index contributed by atoms with van der Waals surface area (Å²) >= 11 is 5.82. The Morgan fingerprint density at radius 1 is 1.22 bits per heavy atom. The van der Waals surface area contributed by atoms with Gasteiger partial charge in [-0.2, -0.15) is 0 Å². The third kappa shape index (κ3) is 4.43. The average Bonchev–Trinajstić information content (AvgIpc) is 2.35. The summed E-state index contributed by atoms with van der Waals surface area (Å²) in [5.74, 6) is 0.809. The van der Waals surface area contributed by atoms with E-state index in [1.54, 1.807) is 24.3 Å². The monoisotopic (exact) mass is 267 g/mol. The van der Waals surface area contributed by atoms with Crippen LogP contribution in [0.4, 0.5) is 0 Å². The van der Waals surface area contributed by atoms with Crippen LogP contribution >= 0.6 is 11.6 Å². The van der Waals surface area contributed by atoms with Gasteiger partial charge in [0.1, 0.15) is 0 Å². The lowest BCUT2D eigenvalue weighted by atomic mass is 10.0. The minimum atomic E-state index is -0.0927. The molecule has 0 aliphatic rings. The molecular weight excluding hydrogens is 246 g/mol. The van der Waals surface area contributed by atoms with Gasteiger partial charge in [-0.25, -0.2) is 0 Å². The molecular formula is C15H22ClNO. The molecule has 3 heteroatoms. The van der Waals surface area contributed by atoms with Crippen molar-refractivity contribution in [3.63, 3.8) is 0 Å². The number of hydrogen-bond donors (Lipinski definition) is 0. The van der Waals surface area contributed by atoms with E-state index in [2.05, 4.69) is 18.7 Å². The molecule has 0 radical (unpaired) electrons. The third-order valence-corrected chi connectivity index (χ3v) is 3.48. The first kappa shape index (κ1) is 15.2. The molecule has 0 amide bonds. The van der Waals surface area contributed by atoms with E-state index < -0.39 is 0 Å². The van der Waals surface area contributed by atoms with Gasteiger partial charge in [-0.1, -0.05) is 25.4 Å². The first-order valence-electron chi connectivity index (χ1n) is 6.42. The fraction of sp³-hybridized carbons (Fsp3) is 0.533. The second kappa shape index (κ2) is 6.91. The number of carbonyl (C=O) groups excluding carboxylic acids is 1. The number of rotatable bonds is 6. The van der Waals surface area contributed by atoms with Crippen LogP contribution in [0.3, 0.4) is 0 Å². The number of halogens is 1. The Kier molecular flexibility index (Phi) is 5.83. The van der Waals surface area contributed by atoms with Gasteiger partial charge in [0.25, 0.3) is 0 Å². The maximum atomic E-state index is 12.3. The predicted molar refractivity (Wildman–Crippen MR) is 77.3 cm³/mol. The van der Waals surface area contributed by atoms with E-state index in [0.29, 0.717) is 10.9 Å². The van der Waals surface area contributed by atoms with Gasteiger partial charge in [-0.05, 0) is 57.1 Å². The van der Waals surface area contributed by atoms with E-state index in [9.17, 15) is 4.79 Å². The molecule has 0 aliphatic carbocycles. The molecule has 1 rings (SSSR count). The molecule has 1 aromatic carbocycles. The van der Waals surface area contributed by atoms with Gasteiger partial charge < -0.3 is 0 Å². The van der Waals surface area contributed by atoms with Crippen LogP contribution in [0, 0.1) is 5.92 Å². The van der Waals surface area contributed by atoms with Gasteiger partial charge in [0, 0.05) is 10.6 Å². The lowest BCUT2D eigenvalue weighted by molar-refractivity contribution is 0.0864. The molecule has 2 nitrogen and oxygen atoms in total. The van der Waals surface area contributed by atoms with Gasteiger partial charge in [-0.3, -0.25) is 9.69 Å². The zero-order chi connectivity index (χ0) is 13.7. The summed E-state index contributed by atoms with van der Waals surface area (Å²) in [6.45, 7) is 7.29. The summed E-state index contributed by atoms with van der Waals surface area (Å²) in [6.07, 6.45) is 1.11. The highest BCUT2D eigenvalue weighted by atomic mass is 35.5. The van der Waals surface area contributed by atoms with Crippen molar-refractivity contribution >= 4 is 17.4 Å². The molecule has 0 spiro atoms. The minimum Gasteiger partial charge on any atom is -0.297 e. The van der Waals surface area contributed by atoms with Crippen molar-refractivity contribution in [2.24, 2.45) is 5.92 Å². The summed E-state index contributed by atoms with van der Waals surface area (Å²) in [7, 11) is 2.00. The van der Waals surface area contributed by atoms with Crippen molar-refractivity contribution < 1.29 is 4.79 Å². The van der Waals surface area contributed by atoms with Crippen LogP contribution in [0.15, 0.2) is 24.3 Å². The molecule has 0 saturated heterocycles. The van der Waals surface area contributed by atoms with Crippen LogP contribution in [-0.4, -0.2) is 30.3 Å². The number of likely N-dealkylation sites (N-methyl/N-ethyl adjacent to an activating group) is 1. The normalized spacial score (nSPS) is 13.1. The first-order valence-corrected chi connectivity index (χ1v) is 6.79. The maximum Gasteiger partial charge on any atom is 0.179 e. The van der Waals surface area contributed by atoms with E-state index in [1.807, 2.05) is 14.0 Å². The summed E-state index contributed by atoms with van der Waals surface area (Å²) in [5, 5.41) is 0.660. The third-order valence-electron chi connectivity index (χ3n) is 3.23. The molecule has 0 aromatic heterocycles. The van der Waals surface area contributed by atoms with Gasteiger partial charge in [0.15, 0.2) is 5.78 Å². The number of nitrogens with zero attached hydrogens (tertiary/aromatic N) is 1. The molecule has 18 heavy (non-hydrogen) atoms. The lowest BCUT2D eigenvalue weighted by Crippen LogP contribution is -2.37. The van der Waals surface area contributed by atoms with Crippen LogP contribution in [0.25, 0.3) is 0 Å². The van der Waals surface area contributed by atoms with Gasteiger partial charge >= 0.3 is 0 Å². The first-order chi connectivity index (χ1) is 8.41. The highest BCUT2D eigenvalue weighted by Crippen LogP contribution is 2.13. The van der Waals surface area contributed by atoms with Crippen LogP contribution in [0.5, 0.6) is 0 Å². The fourth-order valence-electron chi connectivity index (χ4n) is 1.71. The average molecular weight is 268 g/mol. The molecule has 1 atom stereocenters. The van der Waals surface area contributed by atoms with Crippen molar-refractivity contribution in [2.75, 3.05) is 13.6 Å². The van der Waals surface area contributed by atoms with E-state index in [-0.39, 0.29) is 11.8 Å². The highest BCUT2D eigenvalue weighted by molar-refractivity contribution is 6.30. The second-order valence-corrected chi connectivity index (χ2v) is 5.65. The van der Waals surface area contributed by atoms with Gasteiger partial charge in [0.2, 0.25) is 0 Å². The van der Waals surface area contributed by atoms with Crippen LogP contribution in [0.2, 0.25) is 5.02 Å². The van der Waals surface area contributed by atoms with Crippen molar-refractivity contribution in [2.45, 2.75) is 33.2 Å². The molecule has 0 fully saturated rings. The SMILES string of the molecule is CC(C)CCN(C)C(C)C(=O)c1ccc(Cl)cc1. The topological polar surface area (TPSA) is 20.3 Å². The molecule has 0 saturated carbocycles. The van der Waals surface area contributed by atoms with Crippen molar-refractivity contribution in [1.82, 2.24) is 4.90 Å². The minimum absolute atomic E-state index is 0.0927. The van der Waals surface area contributed by atoms with E-state index in [0.717, 1.165) is 18.5 Å². The van der Waals surface area contributed by atoms with Crippen LogP contribution in [0.1, 0.15) is 37.6 Å². The van der Waals surface area contributed by atoms with E-state index >= 15 is 0 Å². The molecule has 0 N–H and O–H groups in total. The Labute approximate surface area is 115 Å². The van der Waals surface area contributed by atoms with Gasteiger partial charge in [0.05, 0.1) is 6.04 Å². The Hall–Kier alpha value is -0.860.